The molecule has 16 atom stereocenters. The van der Waals surface area contributed by atoms with E-state index in [1.165, 1.54) is 4.90 Å². The number of allylic oxidation sites excluding steroid dienone is 5. The molecule has 25 nitrogen and oxygen atoms in total. The fourth-order valence-corrected chi connectivity index (χ4v) is 12.2. The number of Topliss-reactive ketones (excluding diaryl/α,β-unsaturated/α-hetero) is 2. The number of amides is 2. The van der Waals surface area contributed by atoms with Gasteiger partial charge in [0.1, 0.15) is 30.5 Å². The smallest absolute Gasteiger partial charge is 0.407 e. The average Bonchev–Trinajstić information content (AvgIpc) is 0.788. The summed E-state index contributed by atoms with van der Waals surface area (Å²) in [7, 11) is 3.11. The Balaban J connectivity index is 1.41. The molecule has 1 saturated carbocycles. The second-order valence-corrected chi connectivity index (χ2v) is 25.0. The van der Waals surface area contributed by atoms with Gasteiger partial charge in [-0.3, -0.25) is 14.4 Å². The maximum absolute atomic E-state index is 14.8. The number of azide groups is 1. The summed E-state index contributed by atoms with van der Waals surface area (Å²) < 4.78 is 68.6. The topological polar surface area (TPSA) is 321 Å². The number of hydrogen-bond donors (Lipinski definition) is 4. The standard InChI is InChI=1S/C67H111N5O20/c1-11-83-27-28-85-31-32-87-35-36-89-38-37-88-34-33-86-30-29-84-26-24-69-66(79)91-56-23-21-52(42-59(56)82-10)41-48(5)58-44-54(70-71-68)47(4)40-50(7)61(74)62(75)60(73)49(6)39-45(2)17-13-12-14-18-46(3)57(81-9)43-53-22-20-51(8)67(80,92-53)63(76)64(77)72-25-16-15-19-55(72)65(78)90-58/h12-14,17-18,40,45,47-49,51-59,61-62,74-75,80H,11,15-16,19-39,41-44H2,1-10H3,(H,69,79)/b14-12+,17-13+,46-18+,50-40+/t45-,47?,48-,49?,51-,52+,53+,54?,55+,56-,57+,58+,59-,61-,62+,67-/m1/s1. The Morgan fingerprint density at radius 1 is 0.750 bits per heavy atom. The Bertz CT molecular complexity index is 2370. The molecule has 524 valence electrons. The molecule has 4 rings (SSSR count). The Kier molecular flexibility index (Phi) is 38.2. The fourth-order valence-electron chi connectivity index (χ4n) is 12.2. The van der Waals surface area contributed by atoms with Gasteiger partial charge in [-0.2, -0.15) is 0 Å². The molecule has 3 fully saturated rings. The summed E-state index contributed by atoms with van der Waals surface area (Å²) in [6.07, 6.45) is 8.81. The van der Waals surface area contributed by atoms with Crippen LogP contribution in [0.15, 0.2) is 52.7 Å². The van der Waals surface area contributed by atoms with Crippen molar-refractivity contribution in [1.82, 2.24) is 10.2 Å². The molecule has 92 heavy (non-hydrogen) atoms. The number of alkyl carbamates (subject to hydrolysis) is 1. The first-order valence-corrected chi connectivity index (χ1v) is 33.3. The molecule has 3 aliphatic heterocycles. The molecule has 2 bridgehead atoms. The molecular formula is C67H111N5O20. The number of piperidine rings is 1. The van der Waals surface area contributed by atoms with Gasteiger partial charge in [-0.25, -0.2) is 9.59 Å². The monoisotopic (exact) mass is 1310 g/mol. The molecule has 0 radical (unpaired) electrons. The first-order valence-electron chi connectivity index (χ1n) is 33.3. The second kappa shape index (κ2) is 44.1. The van der Waals surface area contributed by atoms with Crippen molar-refractivity contribution < 1.29 is 96.1 Å². The summed E-state index contributed by atoms with van der Waals surface area (Å²) in [5.74, 6) is -8.48. The summed E-state index contributed by atoms with van der Waals surface area (Å²) in [5.41, 5.74) is 11.1. The van der Waals surface area contributed by atoms with Crippen LogP contribution >= 0.6 is 0 Å². The highest BCUT2D eigenvalue weighted by atomic mass is 16.6. The number of aliphatic hydroxyl groups excluding tert-OH is 2. The van der Waals surface area contributed by atoms with E-state index in [2.05, 4.69) is 15.3 Å². The first-order chi connectivity index (χ1) is 44.2. The number of hydrogen-bond acceptors (Lipinski definition) is 21. The van der Waals surface area contributed by atoms with Crippen molar-refractivity contribution in [3.05, 3.63) is 58.0 Å². The van der Waals surface area contributed by atoms with Gasteiger partial charge in [0, 0.05) is 63.1 Å². The normalized spacial score (nSPS) is 32.6. The van der Waals surface area contributed by atoms with E-state index in [1.54, 1.807) is 48.0 Å². The van der Waals surface area contributed by atoms with Crippen molar-refractivity contribution in [2.45, 2.75) is 193 Å². The summed E-state index contributed by atoms with van der Waals surface area (Å²) in [6, 6.07) is -2.09. The van der Waals surface area contributed by atoms with E-state index in [0.29, 0.717) is 144 Å². The quantitative estimate of drug-likeness (QED) is 0.0107. The van der Waals surface area contributed by atoms with Crippen molar-refractivity contribution in [2.75, 3.05) is 120 Å². The van der Waals surface area contributed by atoms with Crippen LogP contribution in [0, 0.1) is 35.5 Å². The summed E-state index contributed by atoms with van der Waals surface area (Å²) in [5, 5.41) is 41.7. The average molecular weight is 1310 g/mol. The zero-order valence-corrected chi connectivity index (χ0v) is 56.5. The SMILES string of the molecule is CCOCCOCCOCCOCCOCCOCCOCCNC(=O)O[C@@H]1CC[C@@H](C[C@@H](C)[C@@H]2CC(N=[N+]=[N-])C(C)/C=C(\C)[C@@H](O)[C@@H](O)C(=O)C(C)C[C@H](C)/C=C/C=C/C=C(\C)[C@@H](OC)C[C@@H]3CC[C@@H](C)[C@@](O)(O3)C(=O)C(=O)N3CCCC[C@H]3C(=O)O2)C[C@H]1OC. The molecule has 2 saturated heterocycles. The number of carbonyl (C=O) groups excluding carboxylic acids is 5. The number of carbonyl (C=O) groups is 5. The molecule has 2 amide bonds. The summed E-state index contributed by atoms with van der Waals surface area (Å²) in [4.78, 5) is 74.7. The van der Waals surface area contributed by atoms with Gasteiger partial charge in [0.25, 0.3) is 11.7 Å². The van der Waals surface area contributed by atoms with Crippen molar-refractivity contribution in [2.24, 2.45) is 40.6 Å². The van der Waals surface area contributed by atoms with Gasteiger partial charge in [-0.15, -0.1) is 0 Å². The number of cyclic esters (lactones) is 1. The summed E-state index contributed by atoms with van der Waals surface area (Å²) >= 11 is 0. The van der Waals surface area contributed by atoms with Gasteiger partial charge in [-0.1, -0.05) is 76.2 Å². The Morgan fingerprint density at radius 3 is 1.97 bits per heavy atom. The Hall–Kier alpha value is -4.70. The molecule has 4 aliphatic rings. The third kappa shape index (κ3) is 27.6. The van der Waals surface area contributed by atoms with Gasteiger partial charge in [0.15, 0.2) is 5.78 Å². The van der Waals surface area contributed by atoms with Crippen molar-refractivity contribution in [3.8, 4) is 0 Å². The number of ether oxygens (including phenoxy) is 12. The predicted octanol–water partition coefficient (Wildman–Crippen LogP) is 7.51. The van der Waals surface area contributed by atoms with Gasteiger partial charge in [0.05, 0.1) is 104 Å². The van der Waals surface area contributed by atoms with E-state index >= 15 is 0 Å². The van der Waals surface area contributed by atoms with Gasteiger partial charge in [0.2, 0.25) is 5.79 Å². The molecule has 4 N–H and O–H groups in total. The van der Waals surface area contributed by atoms with Crippen LogP contribution in [0.2, 0.25) is 0 Å². The van der Waals surface area contributed by atoms with E-state index in [9.17, 15) is 44.8 Å². The van der Waals surface area contributed by atoms with Crippen LogP contribution in [-0.2, 0) is 76.0 Å². The van der Waals surface area contributed by atoms with Gasteiger partial charge < -0.3 is 82.4 Å². The van der Waals surface area contributed by atoms with Crippen molar-refractivity contribution >= 4 is 29.5 Å². The predicted molar refractivity (Wildman–Crippen MR) is 342 cm³/mol. The van der Waals surface area contributed by atoms with Crippen LogP contribution in [0.1, 0.15) is 132 Å². The number of rotatable bonds is 29. The summed E-state index contributed by atoms with van der Waals surface area (Å²) in [6.45, 7) is 21.0. The maximum Gasteiger partial charge on any atom is 0.407 e. The van der Waals surface area contributed by atoms with Crippen LogP contribution in [0.5, 0.6) is 0 Å². The molecule has 1 aliphatic carbocycles. The number of nitrogens with zero attached hydrogens (tertiary/aromatic N) is 4. The first kappa shape index (κ1) is 79.7. The van der Waals surface area contributed by atoms with E-state index in [4.69, 9.17) is 56.8 Å². The Morgan fingerprint density at radius 2 is 1.37 bits per heavy atom. The minimum absolute atomic E-state index is 0.0117. The molecule has 25 heteroatoms. The zero-order valence-electron chi connectivity index (χ0n) is 56.5. The second-order valence-electron chi connectivity index (χ2n) is 25.0. The molecule has 0 aromatic rings. The molecule has 0 spiro atoms. The van der Waals surface area contributed by atoms with E-state index in [1.807, 2.05) is 58.1 Å². The molecular weight excluding hydrogens is 1190 g/mol. The lowest BCUT2D eigenvalue weighted by Gasteiger charge is -2.43. The molecule has 0 aromatic carbocycles. The highest BCUT2D eigenvalue weighted by Crippen LogP contribution is 2.38. The third-order valence-electron chi connectivity index (χ3n) is 17.8. The highest BCUT2D eigenvalue weighted by molar-refractivity contribution is 6.39. The third-order valence-corrected chi connectivity index (χ3v) is 17.8. The lowest BCUT2D eigenvalue weighted by molar-refractivity contribution is -0.265. The minimum atomic E-state index is -2.48. The minimum Gasteiger partial charge on any atom is -0.461 e. The maximum atomic E-state index is 14.8. The van der Waals surface area contributed by atoms with Crippen molar-refractivity contribution in [3.63, 3.8) is 0 Å². The van der Waals surface area contributed by atoms with Crippen LogP contribution in [0.4, 0.5) is 4.79 Å². The lowest BCUT2D eigenvalue weighted by atomic mass is 9.78. The van der Waals surface area contributed by atoms with Crippen LogP contribution in [-0.4, -0.2) is 230 Å². The van der Waals surface area contributed by atoms with E-state index < -0.39 is 114 Å². The molecule has 3 unspecified atom stereocenters. The number of esters is 1. The number of ketones is 2. The molecule has 0 aromatic heterocycles. The zero-order chi connectivity index (χ0) is 67.4. The van der Waals surface area contributed by atoms with E-state index in [0.717, 1.165) is 5.57 Å². The Labute approximate surface area is 545 Å². The largest absolute Gasteiger partial charge is 0.461 e. The van der Waals surface area contributed by atoms with Gasteiger partial charge >= 0.3 is 12.1 Å². The van der Waals surface area contributed by atoms with E-state index in [-0.39, 0.29) is 56.4 Å². The van der Waals surface area contributed by atoms with Crippen molar-refractivity contribution in [1.29, 1.82) is 0 Å². The molecule has 3 heterocycles. The number of fused-ring (bicyclic) bond motifs is 3. The van der Waals surface area contributed by atoms with Crippen LogP contribution in [0.3, 0.4) is 0 Å². The lowest BCUT2D eigenvalue weighted by Crippen LogP contribution is -2.61. The van der Waals surface area contributed by atoms with Gasteiger partial charge in [-0.05, 0) is 132 Å². The number of nitrogens with one attached hydrogen (secondary N) is 1. The van der Waals surface area contributed by atoms with Crippen LogP contribution < -0.4 is 5.32 Å². The number of methoxy groups -OCH3 is 2. The highest BCUT2D eigenvalue weighted by Gasteiger charge is 2.53. The van der Waals surface area contributed by atoms with Crippen LogP contribution in [0.25, 0.3) is 10.4 Å². The fraction of sp³-hybridized carbons (Fsp3) is 0.806. The number of aliphatic hydroxyl groups is 3.